The molecule has 50 heavy (non-hydrogen) atoms. The molecule has 0 aromatic rings. The average Bonchev–Trinajstić information content (AvgIpc) is 3.12. The molecular weight excluding hydrogens is 622 g/mol. The van der Waals surface area contributed by atoms with Gasteiger partial charge in [0.15, 0.2) is 0 Å². The van der Waals surface area contributed by atoms with Crippen molar-refractivity contribution in [1.29, 1.82) is 0 Å². The zero-order valence-corrected chi connectivity index (χ0v) is 33.4. The Morgan fingerprint density at radius 3 is 1.20 bits per heavy atom. The van der Waals surface area contributed by atoms with Crippen LogP contribution in [-0.2, 0) is 4.79 Å². The molecule has 0 bridgehead atoms. The topological polar surface area (TPSA) is 110 Å². The number of amides is 1. The van der Waals surface area contributed by atoms with Gasteiger partial charge < -0.3 is 25.7 Å². The van der Waals surface area contributed by atoms with Gasteiger partial charge in [0.05, 0.1) is 18.8 Å². The molecule has 5 N–H and O–H groups in total. The Bertz CT molecular complexity index is 717. The zero-order valence-electron chi connectivity index (χ0n) is 33.4. The maximum absolute atomic E-state index is 12.5. The molecule has 6 nitrogen and oxygen atoms in total. The smallest absolute Gasteiger partial charge is 0.249 e. The summed E-state index contributed by atoms with van der Waals surface area (Å²) in [7, 11) is 0. The number of nitrogens with one attached hydrogen (secondary N) is 1. The lowest BCUT2D eigenvalue weighted by atomic mass is 10.00. The van der Waals surface area contributed by atoms with Crippen LogP contribution in [0.3, 0.4) is 0 Å². The van der Waals surface area contributed by atoms with Crippen LogP contribution < -0.4 is 5.32 Å². The van der Waals surface area contributed by atoms with Crippen molar-refractivity contribution in [3.05, 3.63) is 12.2 Å². The van der Waals surface area contributed by atoms with E-state index in [9.17, 15) is 25.2 Å². The van der Waals surface area contributed by atoms with E-state index in [0.717, 1.165) is 38.5 Å². The molecule has 0 aliphatic rings. The molecule has 298 valence electrons. The summed E-state index contributed by atoms with van der Waals surface area (Å²) in [5.74, 6) is -0.590. The van der Waals surface area contributed by atoms with Crippen molar-refractivity contribution < 1.29 is 25.2 Å². The van der Waals surface area contributed by atoms with E-state index in [2.05, 4.69) is 31.3 Å². The number of hydrogen-bond donors (Lipinski definition) is 5. The van der Waals surface area contributed by atoms with Crippen LogP contribution in [0.15, 0.2) is 12.2 Å². The second-order valence-corrected chi connectivity index (χ2v) is 15.4. The number of carbonyl (C=O) groups is 1. The number of carbonyl (C=O) groups excluding carboxylic acids is 1. The molecular formula is C44H87NO5. The lowest BCUT2D eigenvalue weighted by Crippen LogP contribution is -2.53. The molecule has 0 spiro atoms. The molecule has 0 aromatic heterocycles. The Morgan fingerprint density at radius 1 is 0.480 bits per heavy atom. The SMILES string of the molecule is CCCCCCCCCC/C=C/CCCC(O)C(O)C(CO)NC(=O)C(O)CCCCCCCCCCCCCCCCCCCCCCC. The van der Waals surface area contributed by atoms with E-state index in [1.807, 2.05) is 0 Å². The Morgan fingerprint density at radius 2 is 0.820 bits per heavy atom. The molecule has 0 radical (unpaired) electrons. The highest BCUT2D eigenvalue weighted by molar-refractivity contribution is 5.80. The molecule has 0 aliphatic carbocycles. The number of aliphatic hydroxyl groups excluding tert-OH is 4. The van der Waals surface area contributed by atoms with Gasteiger partial charge in [0.1, 0.15) is 12.2 Å². The molecule has 0 aliphatic heterocycles. The van der Waals surface area contributed by atoms with Crippen LogP contribution in [0.1, 0.15) is 232 Å². The van der Waals surface area contributed by atoms with Gasteiger partial charge in [0.25, 0.3) is 0 Å². The molecule has 0 heterocycles. The summed E-state index contributed by atoms with van der Waals surface area (Å²) < 4.78 is 0. The van der Waals surface area contributed by atoms with Crippen LogP contribution in [-0.4, -0.2) is 57.3 Å². The van der Waals surface area contributed by atoms with Gasteiger partial charge in [-0.05, 0) is 38.5 Å². The molecule has 0 saturated carbocycles. The molecule has 0 saturated heterocycles. The molecule has 4 atom stereocenters. The van der Waals surface area contributed by atoms with E-state index < -0.39 is 36.9 Å². The predicted octanol–water partition coefficient (Wildman–Crippen LogP) is 11.4. The van der Waals surface area contributed by atoms with Gasteiger partial charge in [-0.25, -0.2) is 0 Å². The van der Waals surface area contributed by atoms with Gasteiger partial charge in [-0.15, -0.1) is 0 Å². The Labute approximate surface area is 311 Å². The van der Waals surface area contributed by atoms with Crippen molar-refractivity contribution in [2.75, 3.05) is 6.61 Å². The quantitative estimate of drug-likeness (QED) is 0.0321. The van der Waals surface area contributed by atoms with Crippen LogP contribution in [0.25, 0.3) is 0 Å². The minimum atomic E-state index is -1.28. The van der Waals surface area contributed by atoms with E-state index in [4.69, 9.17) is 0 Å². The average molecular weight is 710 g/mol. The van der Waals surface area contributed by atoms with Gasteiger partial charge >= 0.3 is 0 Å². The van der Waals surface area contributed by atoms with Crippen molar-refractivity contribution in [3.63, 3.8) is 0 Å². The summed E-state index contributed by atoms with van der Waals surface area (Å²) in [5.41, 5.74) is 0. The van der Waals surface area contributed by atoms with Gasteiger partial charge in [0.2, 0.25) is 5.91 Å². The van der Waals surface area contributed by atoms with E-state index in [-0.39, 0.29) is 0 Å². The van der Waals surface area contributed by atoms with Crippen molar-refractivity contribution in [3.8, 4) is 0 Å². The predicted molar refractivity (Wildman–Crippen MR) is 215 cm³/mol. The third-order valence-electron chi connectivity index (χ3n) is 10.5. The van der Waals surface area contributed by atoms with Crippen molar-refractivity contribution in [1.82, 2.24) is 5.32 Å². The van der Waals surface area contributed by atoms with Crippen molar-refractivity contribution >= 4 is 5.91 Å². The third-order valence-corrected chi connectivity index (χ3v) is 10.5. The first-order valence-corrected chi connectivity index (χ1v) is 22.1. The van der Waals surface area contributed by atoms with Gasteiger partial charge in [-0.3, -0.25) is 4.79 Å². The number of rotatable bonds is 40. The maximum Gasteiger partial charge on any atom is 0.249 e. The summed E-state index contributed by atoms with van der Waals surface area (Å²) in [4.78, 5) is 12.5. The maximum atomic E-state index is 12.5. The van der Waals surface area contributed by atoms with Crippen LogP contribution in [0.5, 0.6) is 0 Å². The van der Waals surface area contributed by atoms with E-state index in [0.29, 0.717) is 12.8 Å². The minimum absolute atomic E-state index is 0.368. The van der Waals surface area contributed by atoms with Gasteiger partial charge in [-0.2, -0.15) is 0 Å². The van der Waals surface area contributed by atoms with Crippen molar-refractivity contribution in [2.45, 2.75) is 257 Å². The molecule has 0 fully saturated rings. The molecule has 1 amide bonds. The highest BCUT2D eigenvalue weighted by atomic mass is 16.3. The largest absolute Gasteiger partial charge is 0.394 e. The second-order valence-electron chi connectivity index (χ2n) is 15.4. The molecule has 6 heteroatoms. The Hall–Kier alpha value is -0.950. The number of aliphatic hydroxyl groups is 4. The normalized spacial score (nSPS) is 14.3. The molecule has 4 unspecified atom stereocenters. The van der Waals surface area contributed by atoms with Crippen LogP contribution in [0.4, 0.5) is 0 Å². The fourth-order valence-corrected chi connectivity index (χ4v) is 6.93. The van der Waals surface area contributed by atoms with Gasteiger partial charge in [0, 0.05) is 0 Å². The molecule has 0 rings (SSSR count). The summed E-state index contributed by atoms with van der Waals surface area (Å²) in [6.45, 7) is 4.04. The third kappa shape index (κ3) is 32.9. The first-order chi connectivity index (χ1) is 24.5. The van der Waals surface area contributed by atoms with Crippen LogP contribution in [0, 0.1) is 0 Å². The Kier molecular flexibility index (Phi) is 38.5. The zero-order chi connectivity index (χ0) is 36.8. The lowest BCUT2D eigenvalue weighted by Gasteiger charge is -2.27. The van der Waals surface area contributed by atoms with Gasteiger partial charge in [-0.1, -0.05) is 206 Å². The summed E-state index contributed by atoms with van der Waals surface area (Å²) >= 11 is 0. The second kappa shape index (κ2) is 39.3. The first kappa shape index (κ1) is 49.0. The number of unbranched alkanes of at least 4 members (excludes halogenated alkanes) is 29. The van der Waals surface area contributed by atoms with E-state index in [1.54, 1.807) is 0 Å². The summed E-state index contributed by atoms with van der Waals surface area (Å²) in [5, 5.41) is 43.6. The summed E-state index contributed by atoms with van der Waals surface area (Å²) in [6.07, 6.45) is 42.5. The fourth-order valence-electron chi connectivity index (χ4n) is 6.93. The number of allylic oxidation sites excluding steroid dienone is 2. The highest BCUT2D eigenvalue weighted by Gasteiger charge is 2.28. The minimum Gasteiger partial charge on any atom is -0.394 e. The van der Waals surface area contributed by atoms with E-state index >= 15 is 0 Å². The first-order valence-electron chi connectivity index (χ1n) is 22.1. The van der Waals surface area contributed by atoms with Crippen molar-refractivity contribution in [2.24, 2.45) is 0 Å². The van der Waals surface area contributed by atoms with E-state index in [1.165, 1.54) is 167 Å². The van der Waals surface area contributed by atoms with Crippen LogP contribution in [0.2, 0.25) is 0 Å². The van der Waals surface area contributed by atoms with Crippen LogP contribution >= 0.6 is 0 Å². The summed E-state index contributed by atoms with van der Waals surface area (Å²) in [6, 6.07) is -0.996. The Balaban J connectivity index is 3.71. The standard InChI is InChI=1S/C44H87NO5/c1-3-5-7-9-11-13-15-17-18-19-20-21-22-23-24-26-28-30-32-34-36-38-42(48)44(50)45-40(39-46)43(49)41(47)37-35-33-31-29-27-25-16-14-12-10-8-6-4-2/h29,31,40-43,46-49H,3-28,30,32-39H2,1-2H3,(H,45,50)/b31-29+. The molecule has 0 aromatic carbocycles. The monoisotopic (exact) mass is 710 g/mol. The fraction of sp³-hybridized carbons (Fsp3) is 0.932. The lowest BCUT2D eigenvalue weighted by molar-refractivity contribution is -0.132. The number of hydrogen-bond acceptors (Lipinski definition) is 5. The highest BCUT2D eigenvalue weighted by Crippen LogP contribution is 2.16.